The predicted octanol–water partition coefficient (Wildman–Crippen LogP) is 2.00. The fourth-order valence-corrected chi connectivity index (χ4v) is 4.80. The van der Waals surface area contributed by atoms with Gasteiger partial charge in [-0.3, -0.25) is 14.2 Å². The number of anilines is 1. The van der Waals surface area contributed by atoms with Crippen molar-refractivity contribution in [1.82, 2.24) is 35.4 Å². The SMILES string of the molecule is C[C@@H]1CCN(C(=O)CC#N)CC1N(C)c1ncnc2c1ccn2C(=O)NCCCC(=O)NCCNC(=O)OC(C)(C)C. The molecule has 2 aromatic heterocycles. The second-order valence-electron chi connectivity index (χ2n) is 11.4. The number of piperidine rings is 1. The Hall–Kier alpha value is -4.41. The Balaban J connectivity index is 1.50. The van der Waals surface area contributed by atoms with Crippen molar-refractivity contribution in [2.24, 2.45) is 5.92 Å². The molecule has 1 aliphatic rings. The maximum Gasteiger partial charge on any atom is 0.407 e. The summed E-state index contributed by atoms with van der Waals surface area (Å²) in [5.41, 5.74) is -0.144. The molecule has 42 heavy (non-hydrogen) atoms. The molecule has 14 nitrogen and oxygen atoms in total. The predicted molar refractivity (Wildman–Crippen MR) is 156 cm³/mol. The number of alkyl carbamates (subject to hydrolysis) is 1. The van der Waals surface area contributed by atoms with Crippen LogP contribution in [0.3, 0.4) is 0 Å². The first-order valence-corrected chi connectivity index (χ1v) is 14.1. The second-order valence-corrected chi connectivity index (χ2v) is 11.4. The number of hydrogen-bond acceptors (Lipinski definition) is 9. The Morgan fingerprint density at radius 1 is 1.14 bits per heavy atom. The number of nitriles is 1. The van der Waals surface area contributed by atoms with Gasteiger partial charge in [-0.2, -0.15) is 5.26 Å². The van der Waals surface area contributed by atoms with Gasteiger partial charge < -0.3 is 30.5 Å². The zero-order chi connectivity index (χ0) is 30.9. The molecule has 228 valence electrons. The molecular formula is C28H41N9O5. The van der Waals surface area contributed by atoms with Gasteiger partial charge in [-0.25, -0.2) is 19.6 Å². The normalized spacial score (nSPS) is 16.8. The van der Waals surface area contributed by atoms with Crippen LogP contribution in [0.5, 0.6) is 0 Å². The smallest absolute Gasteiger partial charge is 0.407 e. The molecule has 1 aliphatic heterocycles. The minimum absolute atomic E-state index is 0.0177. The molecule has 3 rings (SSSR count). The Morgan fingerprint density at radius 3 is 2.60 bits per heavy atom. The van der Waals surface area contributed by atoms with Crippen molar-refractivity contribution in [3.63, 3.8) is 0 Å². The van der Waals surface area contributed by atoms with Crippen LogP contribution < -0.4 is 20.9 Å². The van der Waals surface area contributed by atoms with Crippen LogP contribution in [0, 0.1) is 17.2 Å². The third-order valence-corrected chi connectivity index (χ3v) is 6.98. The van der Waals surface area contributed by atoms with Crippen molar-refractivity contribution >= 4 is 40.8 Å². The zero-order valence-corrected chi connectivity index (χ0v) is 25.0. The minimum atomic E-state index is -0.589. The number of aromatic nitrogens is 3. The van der Waals surface area contributed by atoms with Crippen LogP contribution in [0.1, 0.15) is 53.4 Å². The maximum atomic E-state index is 12.9. The number of likely N-dealkylation sites (N-methyl/N-ethyl adjacent to an activating group) is 1. The van der Waals surface area contributed by atoms with Gasteiger partial charge in [-0.05, 0) is 45.6 Å². The Morgan fingerprint density at radius 2 is 1.88 bits per heavy atom. The third kappa shape index (κ3) is 8.79. The highest BCUT2D eigenvalue weighted by Crippen LogP contribution is 2.29. The van der Waals surface area contributed by atoms with E-state index in [1.807, 2.05) is 18.0 Å². The second kappa shape index (κ2) is 14.5. The molecule has 0 aliphatic carbocycles. The van der Waals surface area contributed by atoms with Gasteiger partial charge in [0.05, 0.1) is 17.5 Å². The van der Waals surface area contributed by atoms with Crippen molar-refractivity contribution in [3.8, 4) is 6.07 Å². The van der Waals surface area contributed by atoms with Crippen LogP contribution >= 0.6 is 0 Å². The number of nitrogens with zero attached hydrogens (tertiary/aromatic N) is 6. The number of rotatable bonds is 10. The van der Waals surface area contributed by atoms with E-state index in [1.165, 1.54) is 10.9 Å². The standard InChI is InChI=1S/C28H41N9O5/c1-19-9-15-36(23(39)8-11-29)17-21(19)35(5)24-20-10-16-37(25(20)34-18-33-24)26(40)31-12-6-7-22(38)30-13-14-32-27(41)42-28(2,3)4/h10,16,18-19,21H,6-9,12-15,17H2,1-5H3,(H,30,38)(H,31,40)(H,32,41)/t19-,21?/m1/s1. The van der Waals surface area contributed by atoms with E-state index >= 15 is 0 Å². The molecule has 3 N–H and O–H groups in total. The van der Waals surface area contributed by atoms with Gasteiger partial charge >= 0.3 is 12.1 Å². The third-order valence-electron chi connectivity index (χ3n) is 6.98. The minimum Gasteiger partial charge on any atom is -0.444 e. The summed E-state index contributed by atoms with van der Waals surface area (Å²) in [5, 5.41) is 17.7. The molecule has 0 bridgehead atoms. The number of carbonyl (C=O) groups excluding carboxylic acids is 4. The van der Waals surface area contributed by atoms with E-state index in [4.69, 9.17) is 10.00 Å². The van der Waals surface area contributed by atoms with Gasteiger partial charge in [0.25, 0.3) is 0 Å². The lowest BCUT2D eigenvalue weighted by Gasteiger charge is -2.42. The number of fused-ring (bicyclic) bond motifs is 1. The van der Waals surface area contributed by atoms with E-state index in [-0.39, 0.29) is 62.3 Å². The van der Waals surface area contributed by atoms with E-state index in [2.05, 4.69) is 32.8 Å². The van der Waals surface area contributed by atoms with E-state index in [0.29, 0.717) is 36.4 Å². The van der Waals surface area contributed by atoms with E-state index < -0.39 is 11.7 Å². The van der Waals surface area contributed by atoms with Gasteiger partial charge in [0, 0.05) is 52.4 Å². The number of carbonyl (C=O) groups is 4. The molecule has 1 unspecified atom stereocenters. The number of hydrogen-bond donors (Lipinski definition) is 3. The van der Waals surface area contributed by atoms with Crippen LogP contribution in [0.15, 0.2) is 18.6 Å². The quantitative estimate of drug-likeness (QED) is 0.353. The fraction of sp³-hybridized carbons (Fsp3) is 0.607. The summed E-state index contributed by atoms with van der Waals surface area (Å²) in [7, 11) is 1.91. The first kappa shape index (κ1) is 32.1. The summed E-state index contributed by atoms with van der Waals surface area (Å²) in [4.78, 5) is 61.5. The molecular weight excluding hydrogens is 542 g/mol. The van der Waals surface area contributed by atoms with Gasteiger partial charge in [0.2, 0.25) is 11.8 Å². The number of nitrogens with one attached hydrogen (secondary N) is 3. The molecule has 2 atom stereocenters. The summed E-state index contributed by atoms with van der Waals surface area (Å²) in [6.07, 6.45) is 3.81. The first-order chi connectivity index (χ1) is 19.9. The van der Waals surface area contributed by atoms with E-state index in [1.54, 1.807) is 37.9 Å². The zero-order valence-electron chi connectivity index (χ0n) is 25.0. The van der Waals surface area contributed by atoms with Crippen LogP contribution in [-0.2, 0) is 14.3 Å². The summed E-state index contributed by atoms with van der Waals surface area (Å²) in [6.45, 7) is 9.34. The molecule has 0 spiro atoms. The number of ether oxygens (including phenoxy) is 1. The summed E-state index contributed by atoms with van der Waals surface area (Å²) in [5.74, 6) is 0.573. The molecule has 0 radical (unpaired) electrons. The van der Waals surface area contributed by atoms with Crippen LogP contribution in [0.4, 0.5) is 15.4 Å². The van der Waals surface area contributed by atoms with Crippen molar-refractivity contribution < 1.29 is 23.9 Å². The molecule has 3 heterocycles. The van der Waals surface area contributed by atoms with Crippen LogP contribution in [0.25, 0.3) is 11.0 Å². The lowest BCUT2D eigenvalue weighted by molar-refractivity contribution is -0.131. The Labute approximate surface area is 245 Å². The molecule has 1 saturated heterocycles. The lowest BCUT2D eigenvalue weighted by atomic mass is 9.92. The molecule has 14 heteroatoms. The van der Waals surface area contributed by atoms with E-state index in [0.717, 1.165) is 6.42 Å². The number of amides is 4. The molecule has 1 fully saturated rings. The molecule has 0 aromatic carbocycles. The average molecular weight is 584 g/mol. The van der Waals surface area contributed by atoms with Gasteiger partial charge in [-0.1, -0.05) is 6.92 Å². The Kier molecular flexibility index (Phi) is 11.1. The molecule has 2 aromatic rings. The van der Waals surface area contributed by atoms with Gasteiger partial charge in [0.15, 0.2) is 5.65 Å². The molecule has 4 amide bonds. The number of likely N-dealkylation sites (tertiary alicyclic amines) is 1. The van der Waals surface area contributed by atoms with Gasteiger partial charge in [0.1, 0.15) is 24.2 Å². The maximum absolute atomic E-state index is 12.9. The highest BCUT2D eigenvalue weighted by molar-refractivity contribution is 5.95. The summed E-state index contributed by atoms with van der Waals surface area (Å²) in [6, 6.07) is 3.32. The van der Waals surface area contributed by atoms with Crippen LogP contribution in [-0.4, -0.2) is 94.8 Å². The highest BCUT2D eigenvalue weighted by atomic mass is 16.6. The van der Waals surface area contributed by atoms with E-state index in [9.17, 15) is 19.2 Å². The van der Waals surface area contributed by atoms with Crippen molar-refractivity contribution in [1.29, 1.82) is 5.26 Å². The largest absolute Gasteiger partial charge is 0.444 e. The van der Waals surface area contributed by atoms with Crippen molar-refractivity contribution in [2.75, 3.05) is 44.7 Å². The van der Waals surface area contributed by atoms with Crippen molar-refractivity contribution in [2.45, 2.75) is 65.0 Å². The topological polar surface area (TPSA) is 175 Å². The van der Waals surface area contributed by atoms with Gasteiger partial charge in [-0.15, -0.1) is 0 Å². The van der Waals surface area contributed by atoms with Crippen molar-refractivity contribution in [3.05, 3.63) is 18.6 Å². The lowest BCUT2D eigenvalue weighted by Crippen LogP contribution is -2.52. The summed E-state index contributed by atoms with van der Waals surface area (Å²) >= 11 is 0. The fourth-order valence-electron chi connectivity index (χ4n) is 4.80. The highest BCUT2D eigenvalue weighted by Gasteiger charge is 2.33. The first-order valence-electron chi connectivity index (χ1n) is 14.1. The Bertz CT molecular complexity index is 1310. The summed E-state index contributed by atoms with van der Waals surface area (Å²) < 4.78 is 6.54. The van der Waals surface area contributed by atoms with Crippen LogP contribution in [0.2, 0.25) is 0 Å². The monoisotopic (exact) mass is 583 g/mol. The average Bonchev–Trinajstić information content (AvgIpc) is 3.37. The molecule has 0 saturated carbocycles.